The van der Waals surface area contributed by atoms with E-state index >= 15 is 0 Å². The standard InChI is InChI=1S/C32H67N2O6P/c1-6-8-10-12-13-14-15-16-17-18-19-20-22-24-26-32(36)33-30(31(35)25-23-21-11-9-7-2)29-40-41(37,38)39-28-27-34(3,4)5/h30-31,35H,6-29H2,1-5H3,(H-,33,36,37,38)/p+1. The summed E-state index contributed by atoms with van der Waals surface area (Å²) in [6, 6.07) is -0.747. The topological polar surface area (TPSA) is 105 Å². The van der Waals surface area contributed by atoms with Gasteiger partial charge in [0.05, 0.1) is 39.9 Å². The number of nitrogens with one attached hydrogen (secondary N) is 1. The molecule has 0 aliphatic carbocycles. The number of phosphoric acid groups is 1. The minimum Gasteiger partial charge on any atom is -0.391 e. The number of hydrogen-bond acceptors (Lipinski definition) is 5. The highest BCUT2D eigenvalue weighted by atomic mass is 31.2. The van der Waals surface area contributed by atoms with Gasteiger partial charge in [-0.15, -0.1) is 0 Å². The highest BCUT2D eigenvalue weighted by Crippen LogP contribution is 2.43. The molecule has 3 unspecified atom stereocenters. The summed E-state index contributed by atoms with van der Waals surface area (Å²) in [6.07, 6.45) is 23.0. The van der Waals surface area contributed by atoms with Crippen LogP contribution in [0.2, 0.25) is 0 Å². The molecule has 0 radical (unpaired) electrons. The van der Waals surface area contributed by atoms with Crippen LogP contribution >= 0.6 is 7.82 Å². The normalized spacial score (nSPS) is 15.0. The summed E-state index contributed by atoms with van der Waals surface area (Å²) in [6.45, 7) is 4.78. The zero-order chi connectivity index (χ0) is 30.8. The molecule has 3 atom stereocenters. The first-order valence-electron chi connectivity index (χ1n) is 16.9. The molecule has 8 nitrogen and oxygen atoms in total. The van der Waals surface area contributed by atoms with Gasteiger partial charge in [0.2, 0.25) is 5.91 Å². The van der Waals surface area contributed by atoms with Crippen LogP contribution in [0.1, 0.15) is 149 Å². The Hall–Kier alpha value is -0.500. The van der Waals surface area contributed by atoms with E-state index < -0.39 is 20.0 Å². The molecular formula is C32H68N2O6P+. The molecule has 0 heterocycles. The Bertz CT molecular complexity index is 659. The lowest BCUT2D eigenvalue weighted by atomic mass is 10.0. The van der Waals surface area contributed by atoms with Crippen LogP contribution in [0.3, 0.4) is 0 Å². The van der Waals surface area contributed by atoms with Crippen LogP contribution in [0.25, 0.3) is 0 Å². The van der Waals surface area contributed by atoms with Crippen LogP contribution < -0.4 is 5.32 Å². The van der Waals surface area contributed by atoms with E-state index in [1.54, 1.807) is 0 Å². The van der Waals surface area contributed by atoms with Crippen LogP contribution in [0.5, 0.6) is 0 Å². The third-order valence-corrected chi connectivity index (χ3v) is 8.59. The van der Waals surface area contributed by atoms with Gasteiger partial charge in [0, 0.05) is 6.42 Å². The lowest BCUT2D eigenvalue weighted by Gasteiger charge is -2.26. The number of nitrogens with zero attached hydrogens (tertiary/aromatic N) is 1. The van der Waals surface area contributed by atoms with Gasteiger partial charge in [-0.3, -0.25) is 13.8 Å². The maximum Gasteiger partial charge on any atom is 0.472 e. The van der Waals surface area contributed by atoms with Crippen molar-refractivity contribution in [2.24, 2.45) is 0 Å². The molecule has 0 aromatic rings. The van der Waals surface area contributed by atoms with Crippen molar-refractivity contribution in [2.45, 2.75) is 161 Å². The molecule has 9 heteroatoms. The second-order valence-electron chi connectivity index (χ2n) is 12.9. The molecule has 0 fully saturated rings. The van der Waals surface area contributed by atoms with E-state index in [4.69, 9.17) is 9.05 Å². The van der Waals surface area contributed by atoms with Crippen molar-refractivity contribution in [3.8, 4) is 0 Å². The SMILES string of the molecule is CCCCCCCCCCCCCCCCC(=O)NC(COP(=O)(O)OCC[N+](C)(C)C)C(O)CCCCCCC. The Balaban J connectivity index is 4.33. The monoisotopic (exact) mass is 607 g/mol. The van der Waals surface area contributed by atoms with Gasteiger partial charge in [-0.05, 0) is 12.8 Å². The number of hydrogen-bond donors (Lipinski definition) is 3. The maximum absolute atomic E-state index is 12.7. The predicted molar refractivity (Wildman–Crippen MR) is 171 cm³/mol. The van der Waals surface area contributed by atoms with E-state index in [0.29, 0.717) is 23.9 Å². The largest absolute Gasteiger partial charge is 0.472 e. The van der Waals surface area contributed by atoms with E-state index in [2.05, 4.69) is 19.2 Å². The van der Waals surface area contributed by atoms with Crippen molar-refractivity contribution < 1.29 is 32.9 Å². The summed E-state index contributed by atoms with van der Waals surface area (Å²) in [5, 5.41) is 13.6. The zero-order valence-electron chi connectivity index (χ0n) is 27.5. The summed E-state index contributed by atoms with van der Waals surface area (Å²) in [5.74, 6) is -0.152. The van der Waals surface area contributed by atoms with Gasteiger partial charge in [-0.25, -0.2) is 4.57 Å². The van der Waals surface area contributed by atoms with E-state index in [0.717, 1.165) is 51.4 Å². The molecule has 0 aromatic carbocycles. The van der Waals surface area contributed by atoms with Gasteiger partial charge in [0.1, 0.15) is 13.2 Å². The average Bonchev–Trinajstić information content (AvgIpc) is 2.90. The summed E-state index contributed by atoms with van der Waals surface area (Å²) >= 11 is 0. The first kappa shape index (κ1) is 40.5. The highest BCUT2D eigenvalue weighted by molar-refractivity contribution is 7.47. The summed E-state index contributed by atoms with van der Waals surface area (Å²) < 4.78 is 23.3. The Morgan fingerprint density at radius 1 is 0.732 bits per heavy atom. The van der Waals surface area contributed by atoms with Gasteiger partial charge in [0.25, 0.3) is 0 Å². The summed E-state index contributed by atoms with van der Waals surface area (Å²) in [7, 11) is 1.61. The molecule has 0 saturated carbocycles. The summed E-state index contributed by atoms with van der Waals surface area (Å²) in [5.41, 5.74) is 0. The fraction of sp³-hybridized carbons (Fsp3) is 0.969. The van der Waals surface area contributed by atoms with Crippen LogP contribution in [0, 0.1) is 0 Å². The molecular weight excluding hydrogens is 539 g/mol. The Morgan fingerprint density at radius 2 is 1.17 bits per heavy atom. The zero-order valence-corrected chi connectivity index (χ0v) is 28.4. The van der Waals surface area contributed by atoms with E-state index in [9.17, 15) is 19.4 Å². The minimum absolute atomic E-state index is 0.0768. The fourth-order valence-corrected chi connectivity index (χ4v) is 5.54. The maximum atomic E-state index is 12.7. The number of unbranched alkanes of at least 4 members (excludes halogenated alkanes) is 17. The highest BCUT2D eigenvalue weighted by Gasteiger charge is 2.28. The number of aliphatic hydroxyl groups is 1. The lowest BCUT2D eigenvalue weighted by Crippen LogP contribution is -2.46. The molecule has 0 bridgehead atoms. The molecule has 0 aliphatic heterocycles. The van der Waals surface area contributed by atoms with E-state index in [1.165, 1.54) is 70.6 Å². The number of rotatable bonds is 30. The predicted octanol–water partition coefficient (Wildman–Crippen LogP) is 7.90. The molecule has 246 valence electrons. The van der Waals surface area contributed by atoms with Gasteiger partial charge >= 0.3 is 7.82 Å². The average molecular weight is 608 g/mol. The van der Waals surface area contributed by atoms with Crippen molar-refractivity contribution in [1.82, 2.24) is 5.32 Å². The van der Waals surface area contributed by atoms with Crippen molar-refractivity contribution in [3.63, 3.8) is 0 Å². The lowest BCUT2D eigenvalue weighted by molar-refractivity contribution is -0.870. The van der Waals surface area contributed by atoms with Crippen molar-refractivity contribution in [2.75, 3.05) is 40.9 Å². The first-order valence-corrected chi connectivity index (χ1v) is 18.4. The fourth-order valence-electron chi connectivity index (χ4n) is 4.81. The number of aliphatic hydroxyl groups excluding tert-OH is 1. The number of amides is 1. The van der Waals surface area contributed by atoms with Crippen molar-refractivity contribution in [3.05, 3.63) is 0 Å². The molecule has 41 heavy (non-hydrogen) atoms. The minimum atomic E-state index is -4.28. The Kier molecular flexibility index (Phi) is 25.6. The smallest absolute Gasteiger partial charge is 0.391 e. The van der Waals surface area contributed by atoms with Crippen molar-refractivity contribution >= 4 is 13.7 Å². The number of carbonyl (C=O) groups excluding carboxylic acids is 1. The van der Waals surface area contributed by atoms with Gasteiger partial charge in [-0.1, -0.05) is 129 Å². The Labute approximate surface area is 253 Å². The molecule has 0 spiro atoms. The molecule has 0 aliphatic rings. The van der Waals surface area contributed by atoms with Gasteiger partial charge in [0.15, 0.2) is 0 Å². The molecule has 0 rings (SSSR count). The third kappa shape index (κ3) is 28.1. The molecule has 0 saturated heterocycles. The molecule has 0 aromatic heterocycles. The number of carbonyl (C=O) groups is 1. The summed E-state index contributed by atoms with van der Waals surface area (Å²) in [4.78, 5) is 22.8. The molecule has 3 N–H and O–H groups in total. The van der Waals surface area contributed by atoms with Gasteiger partial charge in [-0.2, -0.15) is 0 Å². The van der Waals surface area contributed by atoms with Crippen LogP contribution in [0.4, 0.5) is 0 Å². The second kappa shape index (κ2) is 25.9. The quantitative estimate of drug-likeness (QED) is 0.0435. The van der Waals surface area contributed by atoms with Gasteiger partial charge < -0.3 is 19.8 Å². The number of quaternary nitrogens is 1. The number of phosphoric ester groups is 1. The third-order valence-electron chi connectivity index (χ3n) is 7.61. The van der Waals surface area contributed by atoms with Crippen LogP contribution in [-0.4, -0.2) is 73.4 Å². The Morgan fingerprint density at radius 3 is 1.63 bits per heavy atom. The first-order chi connectivity index (χ1) is 19.5. The molecule has 1 amide bonds. The van der Waals surface area contributed by atoms with Crippen LogP contribution in [0.15, 0.2) is 0 Å². The van der Waals surface area contributed by atoms with Crippen molar-refractivity contribution in [1.29, 1.82) is 0 Å². The van der Waals surface area contributed by atoms with Crippen LogP contribution in [-0.2, 0) is 18.4 Å². The second-order valence-corrected chi connectivity index (χ2v) is 14.4. The number of likely N-dealkylation sites (N-methyl/N-ethyl adjacent to an activating group) is 1. The van der Waals surface area contributed by atoms with E-state index in [-0.39, 0.29) is 19.1 Å². The van der Waals surface area contributed by atoms with E-state index in [1.807, 2.05) is 21.1 Å².